The monoisotopic (exact) mass is 465 g/mol. The zero-order valence-corrected chi connectivity index (χ0v) is 18.6. The summed E-state index contributed by atoms with van der Waals surface area (Å²) in [6.07, 6.45) is 5.48. The standard InChI is InChI=1S/C23H24FN7O3/c1-15(16-2-4-17(24)5-3-16)27-21-29-18(28-19-13-25-8-9-26-19)12-20(30-21)31-10-6-23(7-11-31)14-33-22(32)34-23/h2-5,8-9,12-13,15H,6-7,10-11,14H2,1H3,(H2,26,27,28,29,30)/t15-/m0/s1. The number of carbonyl (C=O) groups is 1. The van der Waals surface area contributed by atoms with Gasteiger partial charge in [-0.2, -0.15) is 9.97 Å². The van der Waals surface area contributed by atoms with Crippen LogP contribution in [0.25, 0.3) is 0 Å². The average molecular weight is 465 g/mol. The molecule has 0 saturated carbocycles. The maximum atomic E-state index is 13.3. The van der Waals surface area contributed by atoms with E-state index in [1.807, 2.05) is 13.0 Å². The molecular weight excluding hydrogens is 441 g/mol. The second-order valence-electron chi connectivity index (χ2n) is 8.38. The van der Waals surface area contributed by atoms with Crippen LogP contribution < -0.4 is 15.5 Å². The second-order valence-corrected chi connectivity index (χ2v) is 8.38. The summed E-state index contributed by atoms with van der Waals surface area (Å²) in [7, 11) is 0. The molecule has 3 aromatic rings. The summed E-state index contributed by atoms with van der Waals surface area (Å²) in [5, 5.41) is 6.47. The summed E-state index contributed by atoms with van der Waals surface area (Å²) >= 11 is 0. The molecule has 34 heavy (non-hydrogen) atoms. The Morgan fingerprint density at radius 2 is 1.91 bits per heavy atom. The predicted octanol–water partition coefficient (Wildman–Crippen LogP) is 3.83. The fraction of sp³-hybridized carbons (Fsp3) is 0.348. The third-order valence-corrected chi connectivity index (χ3v) is 6.00. The Hall–Kier alpha value is -4.02. The van der Waals surface area contributed by atoms with Crippen molar-refractivity contribution in [3.8, 4) is 0 Å². The van der Waals surface area contributed by atoms with Crippen LogP contribution in [0.2, 0.25) is 0 Å². The molecule has 2 N–H and O–H groups in total. The Morgan fingerprint density at radius 1 is 1.12 bits per heavy atom. The molecule has 11 heteroatoms. The van der Waals surface area contributed by atoms with Crippen molar-refractivity contribution in [2.24, 2.45) is 0 Å². The maximum Gasteiger partial charge on any atom is 0.509 e. The molecule has 1 spiro atoms. The molecule has 2 aliphatic rings. The summed E-state index contributed by atoms with van der Waals surface area (Å²) in [6, 6.07) is 8.00. The average Bonchev–Trinajstić information content (AvgIpc) is 3.20. The van der Waals surface area contributed by atoms with E-state index in [1.54, 1.807) is 30.7 Å². The van der Waals surface area contributed by atoms with Gasteiger partial charge in [0, 0.05) is 44.4 Å². The lowest BCUT2D eigenvalue weighted by molar-refractivity contribution is 0.0366. The first-order valence-electron chi connectivity index (χ1n) is 11.0. The predicted molar refractivity (Wildman–Crippen MR) is 122 cm³/mol. The van der Waals surface area contributed by atoms with Gasteiger partial charge in [-0.05, 0) is 24.6 Å². The Bertz CT molecular complexity index is 1150. The van der Waals surface area contributed by atoms with Crippen LogP contribution in [0.15, 0.2) is 48.9 Å². The number of hydrogen-bond acceptors (Lipinski definition) is 10. The van der Waals surface area contributed by atoms with Gasteiger partial charge in [-0.25, -0.2) is 14.2 Å². The van der Waals surface area contributed by atoms with Gasteiger partial charge in [0.1, 0.15) is 29.9 Å². The Balaban J connectivity index is 1.38. The van der Waals surface area contributed by atoms with Crippen LogP contribution >= 0.6 is 0 Å². The van der Waals surface area contributed by atoms with Crippen LogP contribution in [0.5, 0.6) is 0 Å². The van der Waals surface area contributed by atoms with E-state index in [2.05, 4.69) is 30.5 Å². The van der Waals surface area contributed by atoms with E-state index in [0.29, 0.717) is 43.5 Å². The number of piperidine rings is 1. The van der Waals surface area contributed by atoms with E-state index in [1.165, 1.54) is 12.1 Å². The first-order valence-corrected chi connectivity index (χ1v) is 11.0. The molecule has 1 aromatic carbocycles. The number of benzene rings is 1. The molecule has 0 amide bonds. The quantitative estimate of drug-likeness (QED) is 0.521. The normalized spacial score (nSPS) is 17.7. The number of hydrogen-bond donors (Lipinski definition) is 2. The molecule has 4 heterocycles. The molecular formula is C23H24FN7O3. The van der Waals surface area contributed by atoms with Gasteiger partial charge in [-0.15, -0.1) is 0 Å². The SMILES string of the molecule is C[C@H](Nc1nc(Nc2cnccn2)cc(N2CCC3(CC2)COC(=O)O3)n1)c1ccc(F)cc1. The molecule has 0 radical (unpaired) electrons. The molecule has 0 unspecified atom stereocenters. The molecule has 2 saturated heterocycles. The number of nitrogens with one attached hydrogen (secondary N) is 2. The van der Waals surface area contributed by atoms with Crippen LogP contribution in [0.1, 0.15) is 31.4 Å². The number of aromatic nitrogens is 4. The topological polar surface area (TPSA) is 114 Å². The third kappa shape index (κ3) is 4.82. The number of carbonyl (C=O) groups excluding carboxylic acids is 1. The van der Waals surface area contributed by atoms with Crippen LogP contribution in [-0.4, -0.2) is 51.4 Å². The van der Waals surface area contributed by atoms with E-state index < -0.39 is 11.8 Å². The van der Waals surface area contributed by atoms with Crippen molar-refractivity contribution >= 4 is 29.6 Å². The summed E-state index contributed by atoms with van der Waals surface area (Å²) in [6.45, 7) is 3.53. The smallest absolute Gasteiger partial charge is 0.430 e. The first-order chi connectivity index (χ1) is 16.5. The fourth-order valence-corrected chi connectivity index (χ4v) is 4.06. The summed E-state index contributed by atoms with van der Waals surface area (Å²) in [5.41, 5.74) is 0.348. The molecule has 0 aliphatic carbocycles. The Labute approximate surface area is 195 Å². The molecule has 176 valence electrons. The van der Waals surface area contributed by atoms with Gasteiger partial charge in [0.25, 0.3) is 0 Å². The van der Waals surface area contributed by atoms with Gasteiger partial charge in [0.2, 0.25) is 5.95 Å². The van der Waals surface area contributed by atoms with Crippen molar-refractivity contribution in [2.75, 3.05) is 35.2 Å². The third-order valence-electron chi connectivity index (χ3n) is 6.00. The molecule has 1 atom stereocenters. The summed E-state index contributed by atoms with van der Waals surface area (Å²) in [4.78, 5) is 31.2. The summed E-state index contributed by atoms with van der Waals surface area (Å²) < 4.78 is 23.8. The lowest BCUT2D eigenvalue weighted by Gasteiger charge is -2.37. The number of ether oxygens (including phenoxy) is 2. The highest BCUT2D eigenvalue weighted by molar-refractivity contribution is 5.63. The van der Waals surface area contributed by atoms with Crippen molar-refractivity contribution in [1.82, 2.24) is 19.9 Å². The second kappa shape index (κ2) is 9.08. The minimum atomic E-state index is -0.604. The minimum Gasteiger partial charge on any atom is -0.430 e. The van der Waals surface area contributed by atoms with Gasteiger partial charge in [0.15, 0.2) is 5.60 Å². The molecule has 0 bridgehead atoms. The lowest BCUT2D eigenvalue weighted by atomic mass is 9.92. The van der Waals surface area contributed by atoms with Crippen molar-refractivity contribution in [1.29, 1.82) is 0 Å². The number of anilines is 4. The summed E-state index contributed by atoms with van der Waals surface area (Å²) in [5.74, 6) is 1.95. The number of rotatable bonds is 6. The van der Waals surface area contributed by atoms with Crippen molar-refractivity contribution in [3.05, 3.63) is 60.3 Å². The van der Waals surface area contributed by atoms with E-state index in [-0.39, 0.29) is 18.5 Å². The maximum absolute atomic E-state index is 13.3. The van der Waals surface area contributed by atoms with Crippen LogP contribution in [0.4, 0.5) is 32.6 Å². The molecule has 5 rings (SSSR count). The molecule has 2 aromatic heterocycles. The zero-order chi connectivity index (χ0) is 23.5. The highest BCUT2D eigenvalue weighted by Crippen LogP contribution is 2.34. The van der Waals surface area contributed by atoms with E-state index in [9.17, 15) is 9.18 Å². The van der Waals surface area contributed by atoms with Gasteiger partial charge in [-0.3, -0.25) is 4.98 Å². The highest BCUT2D eigenvalue weighted by atomic mass is 19.1. The van der Waals surface area contributed by atoms with Gasteiger partial charge < -0.3 is 25.0 Å². The Kier molecular flexibility index (Phi) is 5.83. The molecule has 2 fully saturated rings. The Morgan fingerprint density at radius 3 is 2.59 bits per heavy atom. The van der Waals surface area contributed by atoms with Crippen molar-refractivity contribution in [2.45, 2.75) is 31.4 Å². The number of cyclic esters (lactones) is 1. The highest BCUT2D eigenvalue weighted by Gasteiger charge is 2.45. The minimum absolute atomic E-state index is 0.153. The van der Waals surface area contributed by atoms with Crippen LogP contribution in [0.3, 0.4) is 0 Å². The van der Waals surface area contributed by atoms with Gasteiger partial charge in [0.05, 0.1) is 12.2 Å². The van der Waals surface area contributed by atoms with Gasteiger partial charge in [-0.1, -0.05) is 12.1 Å². The van der Waals surface area contributed by atoms with E-state index >= 15 is 0 Å². The van der Waals surface area contributed by atoms with E-state index in [0.717, 1.165) is 11.4 Å². The number of halogens is 1. The molecule has 10 nitrogen and oxygen atoms in total. The van der Waals surface area contributed by atoms with Crippen LogP contribution in [0, 0.1) is 5.82 Å². The van der Waals surface area contributed by atoms with Gasteiger partial charge >= 0.3 is 6.16 Å². The first kappa shape index (κ1) is 21.8. The lowest BCUT2D eigenvalue weighted by Crippen LogP contribution is -2.46. The van der Waals surface area contributed by atoms with Crippen LogP contribution in [-0.2, 0) is 9.47 Å². The van der Waals surface area contributed by atoms with Crippen molar-refractivity contribution in [3.63, 3.8) is 0 Å². The number of nitrogens with zero attached hydrogens (tertiary/aromatic N) is 5. The fourth-order valence-electron chi connectivity index (χ4n) is 4.06. The van der Waals surface area contributed by atoms with Crippen molar-refractivity contribution < 1.29 is 18.7 Å². The molecule has 2 aliphatic heterocycles. The van der Waals surface area contributed by atoms with E-state index in [4.69, 9.17) is 14.5 Å². The zero-order valence-electron chi connectivity index (χ0n) is 18.6. The largest absolute Gasteiger partial charge is 0.509 e.